The number of benzene rings is 4. The second-order valence-electron chi connectivity index (χ2n) is 8.64. The number of aryl methyl sites for hydroxylation is 1. The van der Waals surface area contributed by atoms with Gasteiger partial charge in [-0.05, 0) is 85.3 Å². The van der Waals surface area contributed by atoms with Gasteiger partial charge in [0.15, 0.2) is 0 Å². The molecule has 0 radical (unpaired) electrons. The molecule has 192 valence electrons. The number of methoxy groups -OCH3 is 1. The number of nitrogens with one attached hydrogen (secondary N) is 1. The van der Waals surface area contributed by atoms with Crippen molar-refractivity contribution < 1.29 is 17.9 Å². The first-order chi connectivity index (χ1) is 18.3. The van der Waals surface area contributed by atoms with E-state index in [4.69, 9.17) is 9.72 Å². The lowest BCUT2D eigenvalue weighted by Crippen LogP contribution is -2.38. The summed E-state index contributed by atoms with van der Waals surface area (Å²) in [5, 5.41) is 3.71. The van der Waals surface area contributed by atoms with Crippen molar-refractivity contribution in [1.29, 1.82) is 0 Å². The summed E-state index contributed by atoms with van der Waals surface area (Å²) in [7, 11) is -2.46. The summed E-state index contributed by atoms with van der Waals surface area (Å²) >= 11 is 1.61. The molecule has 1 aromatic heterocycles. The Bertz CT molecular complexity index is 1680. The Kier molecular flexibility index (Phi) is 7.13. The standard InChI is InChI=1S/C29H25N3O4S2/c1-20-8-17-26-27(18-20)37-29(31-26)21-9-11-22(12-10-21)30-28(33)19-32(23-13-15-24(36-2)16-14-23)38(34,35)25-6-4-3-5-7-25/h3-18H,19H2,1-2H3,(H,30,33). The molecule has 1 heterocycles. The van der Waals surface area contributed by atoms with E-state index in [2.05, 4.69) is 18.3 Å². The van der Waals surface area contributed by atoms with E-state index < -0.39 is 22.5 Å². The van der Waals surface area contributed by atoms with E-state index in [1.54, 1.807) is 65.9 Å². The van der Waals surface area contributed by atoms with Crippen LogP contribution >= 0.6 is 11.3 Å². The van der Waals surface area contributed by atoms with Gasteiger partial charge in [0.1, 0.15) is 17.3 Å². The van der Waals surface area contributed by atoms with Gasteiger partial charge in [-0.1, -0.05) is 24.3 Å². The van der Waals surface area contributed by atoms with Gasteiger partial charge in [0, 0.05) is 11.3 Å². The third kappa shape index (κ3) is 5.39. The van der Waals surface area contributed by atoms with Gasteiger partial charge in [0.05, 0.1) is 27.9 Å². The fraction of sp³-hybridized carbons (Fsp3) is 0.103. The van der Waals surface area contributed by atoms with Gasteiger partial charge < -0.3 is 10.1 Å². The summed E-state index contributed by atoms with van der Waals surface area (Å²) in [5.74, 6) is 0.113. The second-order valence-corrected chi connectivity index (χ2v) is 11.5. The molecule has 5 rings (SSSR count). The predicted octanol–water partition coefficient (Wildman–Crippen LogP) is 6.11. The molecule has 0 spiro atoms. The van der Waals surface area contributed by atoms with Crippen molar-refractivity contribution in [2.45, 2.75) is 11.8 Å². The number of fused-ring (bicyclic) bond motifs is 1. The molecular formula is C29H25N3O4S2. The monoisotopic (exact) mass is 543 g/mol. The molecule has 9 heteroatoms. The lowest BCUT2D eigenvalue weighted by Gasteiger charge is -2.24. The van der Waals surface area contributed by atoms with Gasteiger partial charge in [-0.15, -0.1) is 11.3 Å². The Balaban J connectivity index is 1.36. The van der Waals surface area contributed by atoms with Crippen molar-refractivity contribution in [3.63, 3.8) is 0 Å². The molecule has 0 bridgehead atoms. The average Bonchev–Trinajstić information content (AvgIpc) is 3.36. The Morgan fingerprint density at radius 2 is 1.66 bits per heavy atom. The topological polar surface area (TPSA) is 88.6 Å². The van der Waals surface area contributed by atoms with Crippen molar-refractivity contribution in [1.82, 2.24) is 4.98 Å². The zero-order chi connectivity index (χ0) is 26.7. The molecule has 0 aliphatic heterocycles. The van der Waals surface area contributed by atoms with Crippen LogP contribution in [0.4, 0.5) is 11.4 Å². The highest BCUT2D eigenvalue weighted by Gasteiger charge is 2.27. The van der Waals surface area contributed by atoms with Crippen molar-refractivity contribution in [3.05, 3.63) is 103 Å². The van der Waals surface area contributed by atoms with Gasteiger partial charge in [0.25, 0.3) is 10.0 Å². The highest BCUT2D eigenvalue weighted by Crippen LogP contribution is 2.31. The Hall–Kier alpha value is -4.21. The second kappa shape index (κ2) is 10.6. The van der Waals surface area contributed by atoms with E-state index in [0.29, 0.717) is 17.1 Å². The highest BCUT2D eigenvalue weighted by molar-refractivity contribution is 7.92. The number of thiazole rings is 1. The number of nitrogens with zero attached hydrogens (tertiary/aromatic N) is 2. The summed E-state index contributed by atoms with van der Waals surface area (Å²) in [6.45, 7) is 1.65. The SMILES string of the molecule is COc1ccc(N(CC(=O)Nc2ccc(-c3nc4ccc(C)cc4s3)cc2)S(=O)(=O)c2ccccc2)cc1. The fourth-order valence-electron chi connectivity index (χ4n) is 3.97. The number of sulfonamides is 1. The summed E-state index contributed by atoms with van der Waals surface area (Å²) in [5.41, 5.74) is 3.98. The molecule has 0 aliphatic rings. The first-order valence-corrected chi connectivity index (χ1v) is 14.1. The molecule has 38 heavy (non-hydrogen) atoms. The number of aromatic nitrogens is 1. The molecular weight excluding hydrogens is 518 g/mol. The number of hydrogen-bond acceptors (Lipinski definition) is 6. The van der Waals surface area contributed by atoms with Crippen molar-refractivity contribution in [3.8, 4) is 16.3 Å². The minimum absolute atomic E-state index is 0.0963. The number of rotatable bonds is 8. The molecule has 0 saturated heterocycles. The summed E-state index contributed by atoms with van der Waals surface area (Å²) in [6.07, 6.45) is 0. The molecule has 0 fully saturated rings. The van der Waals surface area contributed by atoms with Crippen molar-refractivity contribution in [2.75, 3.05) is 23.3 Å². The molecule has 0 atom stereocenters. The first-order valence-electron chi connectivity index (χ1n) is 11.8. The maximum absolute atomic E-state index is 13.5. The number of carbonyl (C=O) groups is 1. The lowest BCUT2D eigenvalue weighted by molar-refractivity contribution is -0.114. The molecule has 0 aliphatic carbocycles. The minimum atomic E-state index is -3.99. The molecule has 0 unspecified atom stereocenters. The summed E-state index contributed by atoms with van der Waals surface area (Å²) < 4.78 is 34.4. The van der Waals surface area contributed by atoms with Gasteiger partial charge in [-0.2, -0.15) is 0 Å². The largest absolute Gasteiger partial charge is 0.497 e. The molecule has 0 saturated carbocycles. The smallest absolute Gasteiger partial charge is 0.264 e. The van der Waals surface area contributed by atoms with E-state index in [0.717, 1.165) is 25.1 Å². The van der Waals surface area contributed by atoms with Crippen LogP contribution in [0, 0.1) is 6.92 Å². The van der Waals surface area contributed by atoms with Gasteiger partial charge in [-0.3, -0.25) is 9.10 Å². The van der Waals surface area contributed by atoms with Crippen LogP contribution < -0.4 is 14.4 Å². The van der Waals surface area contributed by atoms with Crippen molar-refractivity contribution >= 4 is 48.9 Å². The van der Waals surface area contributed by atoms with Gasteiger partial charge >= 0.3 is 0 Å². The van der Waals surface area contributed by atoms with Crippen LogP contribution in [0.3, 0.4) is 0 Å². The van der Waals surface area contributed by atoms with Crippen LogP contribution in [-0.2, 0) is 14.8 Å². The number of ether oxygens (including phenoxy) is 1. The predicted molar refractivity (Wildman–Crippen MR) is 152 cm³/mol. The fourth-order valence-corrected chi connectivity index (χ4v) is 6.48. The van der Waals surface area contributed by atoms with E-state index in [-0.39, 0.29) is 4.90 Å². The van der Waals surface area contributed by atoms with Crippen LogP contribution in [0.15, 0.2) is 102 Å². The third-order valence-corrected chi connectivity index (χ3v) is 8.79. The van der Waals surface area contributed by atoms with Crippen LogP contribution in [0.25, 0.3) is 20.8 Å². The third-order valence-electron chi connectivity index (χ3n) is 5.94. The van der Waals surface area contributed by atoms with Crippen LogP contribution in [0.2, 0.25) is 0 Å². The van der Waals surface area contributed by atoms with E-state index in [9.17, 15) is 13.2 Å². The van der Waals surface area contributed by atoms with Gasteiger partial charge in [0.2, 0.25) is 5.91 Å². The number of hydrogen-bond donors (Lipinski definition) is 1. The van der Waals surface area contributed by atoms with E-state index in [1.807, 2.05) is 24.3 Å². The maximum Gasteiger partial charge on any atom is 0.264 e. The minimum Gasteiger partial charge on any atom is -0.497 e. The van der Waals surface area contributed by atoms with Crippen LogP contribution in [0.1, 0.15) is 5.56 Å². The van der Waals surface area contributed by atoms with E-state index in [1.165, 1.54) is 24.8 Å². The zero-order valence-corrected chi connectivity index (χ0v) is 22.4. The number of anilines is 2. The zero-order valence-electron chi connectivity index (χ0n) is 20.8. The molecule has 4 aromatic carbocycles. The average molecular weight is 544 g/mol. The number of carbonyl (C=O) groups excluding carboxylic acids is 1. The highest BCUT2D eigenvalue weighted by atomic mass is 32.2. The Morgan fingerprint density at radius 3 is 2.34 bits per heavy atom. The molecule has 1 amide bonds. The number of amides is 1. The van der Waals surface area contributed by atoms with Crippen molar-refractivity contribution in [2.24, 2.45) is 0 Å². The summed E-state index contributed by atoms with van der Waals surface area (Å²) in [4.78, 5) is 17.9. The van der Waals surface area contributed by atoms with Crippen LogP contribution in [0.5, 0.6) is 5.75 Å². The molecule has 1 N–H and O–H groups in total. The Morgan fingerprint density at radius 1 is 0.947 bits per heavy atom. The first kappa shape index (κ1) is 25.4. The summed E-state index contributed by atoms with van der Waals surface area (Å²) in [6, 6.07) is 28.1. The maximum atomic E-state index is 13.5. The van der Waals surface area contributed by atoms with Crippen LogP contribution in [-0.4, -0.2) is 33.0 Å². The quantitative estimate of drug-likeness (QED) is 0.255. The van der Waals surface area contributed by atoms with E-state index >= 15 is 0 Å². The lowest BCUT2D eigenvalue weighted by atomic mass is 10.2. The molecule has 5 aromatic rings. The normalized spacial score (nSPS) is 11.3. The Labute approximate surface area is 225 Å². The van der Waals surface area contributed by atoms with Gasteiger partial charge in [-0.25, -0.2) is 13.4 Å². The molecule has 7 nitrogen and oxygen atoms in total.